The number of amides is 1. The molecule has 0 aliphatic carbocycles. The van der Waals surface area contributed by atoms with Gasteiger partial charge in [-0.25, -0.2) is 8.42 Å². The van der Waals surface area contributed by atoms with Crippen LogP contribution in [0.4, 0.5) is 0 Å². The van der Waals surface area contributed by atoms with E-state index >= 15 is 0 Å². The number of sulfone groups is 1. The van der Waals surface area contributed by atoms with Gasteiger partial charge < -0.3 is 5.32 Å². The van der Waals surface area contributed by atoms with Gasteiger partial charge in [0.05, 0.1) is 17.7 Å². The van der Waals surface area contributed by atoms with E-state index in [9.17, 15) is 13.2 Å². The van der Waals surface area contributed by atoms with Crippen LogP contribution >= 0.6 is 0 Å². The Balaban J connectivity index is 1.95. The van der Waals surface area contributed by atoms with Crippen LogP contribution in [0.15, 0.2) is 36.7 Å². The maximum Gasteiger partial charge on any atom is 0.251 e. The van der Waals surface area contributed by atoms with Crippen LogP contribution in [0, 0.1) is 5.92 Å². The van der Waals surface area contributed by atoms with Crippen LogP contribution in [0.25, 0.3) is 11.1 Å². The molecule has 1 aromatic carbocycles. The fourth-order valence-electron chi connectivity index (χ4n) is 2.26. The standard InChI is InChI=1S/C16H21N3O3S/c1-12(2)11-23(21,22)7-6-17-16(20)14-5-3-4-13(8-14)15-9-18-19-10-15/h3-5,8-10,12H,6-7,11H2,1-2H3,(H,17,20)(H,18,19). The average Bonchev–Trinajstić information content (AvgIpc) is 3.00. The van der Waals surface area contributed by atoms with Crippen LogP contribution in [0.5, 0.6) is 0 Å². The molecule has 2 rings (SSSR count). The van der Waals surface area contributed by atoms with Crippen molar-refractivity contribution in [3.63, 3.8) is 0 Å². The Hall–Kier alpha value is -2.15. The van der Waals surface area contributed by atoms with E-state index in [0.29, 0.717) is 5.56 Å². The first-order valence-corrected chi connectivity index (χ1v) is 9.27. The molecule has 0 aliphatic heterocycles. The van der Waals surface area contributed by atoms with Crippen molar-refractivity contribution in [3.8, 4) is 11.1 Å². The van der Waals surface area contributed by atoms with Crippen molar-refractivity contribution < 1.29 is 13.2 Å². The molecule has 1 aromatic heterocycles. The normalized spacial score (nSPS) is 11.6. The maximum atomic E-state index is 12.1. The zero-order valence-corrected chi connectivity index (χ0v) is 14.1. The van der Waals surface area contributed by atoms with Crippen LogP contribution in [0.2, 0.25) is 0 Å². The number of H-pyrrole nitrogens is 1. The minimum absolute atomic E-state index is 0.0433. The summed E-state index contributed by atoms with van der Waals surface area (Å²) >= 11 is 0. The van der Waals surface area contributed by atoms with E-state index in [1.165, 1.54) is 0 Å². The van der Waals surface area contributed by atoms with Crippen molar-refractivity contribution >= 4 is 15.7 Å². The van der Waals surface area contributed by atoms with E-state index in [1.54, 1.807) is 30.6 Å². The summed E-state index contributed by atoms with van der Waals surface area (Å²) in [6, 6.07) is 7.12. The summed E-state index contributed by atoms with van der Waals surface area (Å²) in [5.41, 5.74) is 2.25. The van der Waals surface area contributed by atoms with Crippen molar-refractivity contribution in [1.29, 1.82) is 0 Å². The molecule has 0 fully saturated rings. The SMILES string of the molecule is CC(C)CS(=O)(=O)CCNC(=O)c1cccc(-c2cn[nH]c2)c1. The molecule has 0 atom stereocenters. The summed E-state index contributed by atoms with van der Waals surface area (Å²) in [7, 11) is -3.13. The third-order valence-corrected chi connectivity index (χ3v) is 5.24. The minimum Gasteiger partial charge on any atom is -0.351 e. The first-order valence-electron chi connectivity index (χ1n) is 7.45. The lowest BCUT2D eigenvalue weighted by atomic mass is 10.1. The van der Waals surface area contributed by atoms with E-state index in [-0.39, 0.29) is 29.9 Å². The third-order valence-electron chi connectivity index (χ3n) is 3.24. The predicted octanol–water partition coefficient (Wildman–Crippen LogP) is 1.88. The van der Waals surface area contributed by atoms with E-state index in [2.05, 4.69) is 15.5 Å². The van der Waals surface area contributed by atoms with E-state index in [1.807, 2.05) is 19.9 Å². The number of aromatic amines is 1. The number of carbonyl (C=O) groups excluding carboxylic acids is 1. The van der Waals surface area contributed by atoms with Gasteiger partial charge >= 0.3 is 0 Å². The molecule has 7 heteroatoms. The lowest BCUT2D eigenvalue weighted by Crippen LogP contribution is -2.30. The van der Waals surface area contributed by atoms with Gasteiger partial charge in [0.2, 0.25) is 0 Å². The molecule has 124 valence electrons. The summed E-state index contributed by atoms with van der Waals surface area (Å²) in [6.45, 7) is 3.83. The van der Waals surface area contributed by atoms with E-state index < -0.39 is 9.84 Å². The highest BCUT2D eigenvalue weighted by atomic mass is 32.2. The molecule has 2 N–H and O–H groups in total. The van der Waals surface area contributed by atoms with Gasteiger partial charge in [-0.3, -0.25) is 9.89 Å². The van der Waals surface area contributed by atoms with Crippen LogP contribution in [-0.4, -0.2) is 42.6 Å². The Kier molecular flexibility index (Phi) is 5.54. The van der Waals surface area contributed by atoms with Crippen molar-refractivity contribution in [2.75, 3.05) is 18.1 Å². The number of hydrogen-bond acceptors (Lipinski definition) is 4. The molecule has 6 nitrogen and oxygen atoms in total. The van der Waals surface area contributed by atoms with Crippen LogP contribution in [-0.2, 0) is 9.84 Å². The highest BCUT2D eigenvalue weighted by molar-refractivity contribution is 7.91. The molecule has 2 aromatic rings. The fourth-order valence-corrected chi connectivity index (χ4v) is 3.86. The van der Waals surface area contributed by atoms with E-state index in [4.69, 9.17) is 0 Å². The number of carbonyl (C=O) groups is 1. The zero-order chi connectivity index (χ0) is 16.9. The molecule has 1 amide bonds. The highest BCUT2D eigenvalue weighted by Gasteiger charge is 2.14. The molecule has 0 spiro atoms. The summed E-state index contributed by atoms with van der Waals surface area (Å²) in [4.78, 5) is 12.1. The molecule has 0 unspecified atom stereocenters. The number of aromatic nitrogens is 2. The second kappa shape index (κ2) is 7.41. The molecule has 0 aliphatic rings. The van der Waals surface area contributed by atoms with Crippen molar-refractivity contribution in [2.45, 2.75) is 13.8 Å². The van der Waals surface area contributed by atoms with Crippen LogP contribution in [0.3, 0.4) is 0 Å². The third kappa shape index (κ3) is 5.21. The molecule has 0 saturated heterocycles. The number of benzene rings is 1. The lowest BCUT2D eigenvalue weighted by Gasteiger charge is -2.09. The molecule has 23 heavy (non-hydrogen) atoms. The van der Waals surface area contributed by atoms with E-state index in [0.717, 1.165) is 11.1 Å². The largest absolute Gasteiger partial charge is 0.351 e. The molecule has 1 heterocycles. The molecule has 0 saturated carbocycles. The monoisotopic (exact) mass is 335 g/mol. The second-order valence-electron chi connectivity index (χ2n) is 5.83. The molecule has 0 bridgehead atoms. The smallest absolute Gasteiger partial charge is 0.251 e. The Bertz CT molecular complexity index is 753. The van der Waals surface area contributed by atoms with Gasteiger partial charge in [-0.05, 0) is 23.6 Å². The minimum atomic E-state index is -3.13. The van der Waals surface area contributed by atoms with Gasteiger partial charge in [0.15, 0.2) is 9.84 Å². The summed E-state index contributed by atoms with van der Waals surface area (Å²) in [5, 5.41) is 9.27. The first-order chi connectivity index (χ1) is 10.9. The maximum absolute atomic E-state index is 12.1. The lowest BCUT2D eigenvalue weighted by molar-refractivity contribution is 0.0956. The predicted molar refractivity (Wildman–Crippen MR) is 89.8 cm³/mol. The van der Waals surface area contributed by atoms with Gasteiger partial charge in [0.25, 0.3) is 5.91 Å². The number of rotatable bonds is 7. The van der Waals surface area contributed by atoms with Crippen molar-refractivity contribution in [2.24, 2.45) is 5.92 Å². The van der Waals surface area contributed by atoms with Gasteiger partial charge in [0, 0.05) is 23.9 Å². The van der Waals surface area contributed by atoms with Gasteiger partial charge in [-0.15, -0.1) is 0 Å². The van der Waals surface area contributed by atoms with Gasteiger partial charge in [-0.2, -0.15) is 5.10 Å². The topological polar surface area (TPSA) is 91.9 Å². The Morgan fingerprint density at radius 2 is 2.09 bits per heavy atom. The summed E-state index contributed by atoms with van der Waals surface area (Å²) in [5.74, 6) is -0.102. The average molecular weight is 335 g/mol. The zero-order valence-electron chi connectivity index (χ0n) is 13.2. The fraction of sp³-hybridized carbons (Fsp3) is 0.375. The molecular weight excluding hydrogens is 314 g/mol. The summed E-state index contributed by atoms with van der Waals surface area (Å²) in [6.07, 6.45) is 3.42. The number of hydrogen-bond donors (Lipinski definition) is 2. The van der Waals surface area contributed by atoms with Gasteiger partial charge in [0.1, 0.15) is 0 Å². The van der Waals surface area contributed by atoms with Crippen molar-refractivity contribution in [3.05, 3.63) is 42.2 Å². The Morgan fingerprint density at radius 3 is 2.74 bits per heavy atom. The highest BCUT2D eigenvalue weighted by Crippen LogP contribution is 2.18. The Labute approximate surface area is 136 Å². The van der Waals surface area contributed by atoms with Crippen LogP contribution in [0.1, 0.15) is 24.2 Å². The molecular formula is C16H21N3O3S. The molecule has 0 radical (unpaired) electrons. The van der Waals surface area contributed by atoms with Gasteiger partial charge in [-0.1, -0.05) is 26.0 Å². The first kappa shape index (κ1) is 17.2. The quantitative estimate of drug-likeness (QED) is 0.808. The number of nitrogens with one attached hydrogen (secondary N) is 2. The number of nitrogens with zero attached hydrogens (tertiary/aromatic N) is 1. The summed E-state index contributed by atoms with van der Waals surface area (Å²) < 4.78 is 23.6. The van der Waals surface area contributed by atoms with Crippen molar-refractivity contribution in [1.82, 2.24) is 15.5 Å². The second-order valence-corrected chi connectivity index (χ2v) is 8.06. The Morgan fingerprint density at radius 1 is 1.30 bits per heavy atom. The van der Waals surface area contributed by atoms with Crippen LogP contribution < -0.4 is 5.32 Å².